The minimum Gasteiger partial charge on any atom is -0.479 e. The second kappa shape index (κ2) is 5.88. The number of aliphatic hydroxyl groups is 1. The molecule has 19 heavy (non-hydrogen) atoms. The minimum absolute atomic E-state index is 0.0799. The van der Waals surface area contributed by atoms with Gasteiger partial charge in [-0.2, -0.15) is 0 Å². The van der Waals surface area contributed by atoms with Gasteiger partial charge in [0.2, 0.25) is 5.91 Å². The van der Waals surface area contributed by atoms with Crippen LogP contribution in [-0.2, 0) is 14.3 Å². The molecule has 0 radical (unpaired) electrons. The first-order valence-electron chi connectivity index (χ1n) is 6.83. The predicted octanol–water partition coefficient (Wildman–Crippen LogP) is 0.287. The standard InChI is InChI=1S/C13H21NO5/c15-8-13(5-1-2-6-13)7-14-11(16)9-3-4-10(19-9)12(17)18/h9-10,15H,1-8H2,(H,14,16)(H,17,18). The van der Waals surface area contributed by atoms with Crippen molar-refractivity contribution in [1.82, 2.24) is 5.32 Å². The van der Waals surface area contributed by atoms with E-state index in [0.717, 1.165) is 25.7 Å². The molecule has 0 aromatic carbocycles. The van der Waals surface area contributed by atoms with Crippen LogP contribution in [-0.4, -0.2) is 47.4 Å². The summed E-state index contributed by atoms with van der Waals surface area (Å²) >= 11 is 0. The maximum atomic E-state index is 11.9. The summed E-state index contributed by atoms with van der Waals surface area (Å²) in [7, 11) is 0. The highest BCUT2D eigenvalue weighted by Crippen LogP contribution is 2.37. The molecule has 2 fully saturated rings. The number of carbonyl (C=O) groups is 2. The molecule has 2 rings (SSSR count). The van der Waals surface area contributed by atoms with Crippen LogP contribution in [0, 0.1) is 5.41 Å². The summed E-state index contributed by atoms with van der Waals surface area (Å²) < 4.78 is 5.19. The summed E-state index contributed by atoms with van der Waals surface area (Å²) in [5.41, 5.74) is -0.194. The molecule has 1 heterocycles. The average molecular weight is 271 g/mol. The fourth-order valence-corrected chi connectivity index (χ4v) is 2.92. The Labute approximate surface area is 112 Å². The Morgan fingerprint density at radius 3 is 2.37 bits per heavy atom. The van der Waals surface area contributed by atoms with Crippen LogP contribution >= 0.6 is 0 Å². The number of hydrogen-bond acceptors (Lipinski definition) is 4. The van der Waals surface area contributed by atoms with E-state index in [1.807, 2.05) is 0 Å². The first kappa shape index (κ1) is 14.3. The molecule has 0 aromatic heterocycles. The third kappa shape index (κ3) is 3.25. The Morgan fingerprint density at radius 2 is 1.84 bits per heavy atom. The Kier molecular flexibility index (Phi) is 4.42. The molecule has 6 heteroatoms. The number of amides is 1. The molecule has 0 aromatic rings. The zero-order valence-corrected chi connectivity index (χ0v) is 10.9. The second-order valence-corrected chi connectivity index (χ2v) is 5.61. The van der Waals surface area contributed by atoms with Gasteiger partial charge in [0.15, 0.2) is 6.10 Å². The molecule has 1 amide bonds. The van der Waals surface area contributed by atoms with Crippen molar-refractivity contribution in [3.63, 3.8) is 0 Å². The van der Waals surface area contributed by atoms with Gasteiger partial charge in [-0.15, -0.1) is 0 Å². The van der Waals surface area contributed by atoms with Crippen LogP contribution < -0.4 is 5.32 Å². The van der Waals surface area contributed by atoms with Crippen molar-refractivity contribution in [3.05, 3.63) is 0 Å². The lowest BCUT2D eigenvalue weighted by Gasteiger charge is -2.27. The lowest BCUT2D eigenvalue weighted by atomic mass is 9.87. The third-order valence-electron chi connectivity index (χ3n) is 4.22. The van der Waals surface area contributed by atoms with Crippen molar-refractivity contribution in [2.75, 3.05) is 13.2 Å². The smallest absolute Gasteiger partial charge is 0.332 e. The number of hydrogen-bond donors (Lipinski definition) is 3. The Morgan fingerprint density at radius 1 is 1.21 bits per heavy atom. The zero-order valence-electron chi connectivity index (χ0n) is 10.9. The zero-order chi connectivity index (χ0) is 13.9. The lowest BCUT2D eigenvalue weighted by Crippen LogP contribution is -2.43. The first-order chi connectivity index (χ1) is 9.06. The van der Waals surface area contributed by atoms with Crippen molar-refractivity contribution in [1.29, 1.82) is 0 Å². The van der Waals surface area contributed by atoms with Crippen LogP contribution in [0.1, 0.15) is 38.5 Å². The molecule has 6 nitrogen and oxygen atoms in total. The second-order valence-electron chi connectivity index (χ2n) is 5.61. The fourth-order valence-electron chi connectivity index (χ4n) is 2.92. The lowest BCUT2D eigenvalue weighted by molar-refractivity contribution is -0.151. The summed E-state index contributed by atoms with van der Waals surface area (Å²) in [4.78, 5) is 22.7. The van der Waals surface area contributed by atoms with E-state index in [1.165, 1.54) is 0 Å². The molecular weight excluding hydrogens is 250 g/mol. The van der Waals surface area contributed by atoms with Crippen molar-refractivity contribution in [2.45, 2.75) is 50.7 Å². The van der Waals surface area contributed by atoms with E-state index >= 15 is 0 Å². The minimum atomic E-state index is -1.02. The van der Waals surface area contributed by atoms with Gasteiger partial charge in [0.05, 0.1) is 6.61 Å². The normalized spacial score (nSPS) is 29.3. The monoisotopic (exact) mass is 271 g/mol. The first-order valence-corrected chi connectivity index (χ1v) is 6.83. The number of carboxylic acids is 1. The average Bonchev–Trinajstić information content (AvgIpc) is 3.06. The van der Waals surface area contributed by atoms with Crippen molar-refractivity contribution >= 4 is 11.9 Å². The van der Waals surface area contributed by atoms with E-state index in [9.17, 15) is 14.7 Å². The SMILES string of the molecule is O=C(O)C1CCC(C(=O)NCC2(CO)CCCC2)O1. The fraction of sp³-hybridized carbons (Fsp3) is 0.846. The van der Waals surface area contributed by atoms with Crippen LogP contribution in [0.3, 0.4) is 0 Å². The third-order valence-corrected chi connectivity index (χ3v) is 4.22. The van der Waals surface area contributed by atoms with Gasteiger partial charge in [-0.05, 0) is 25.7 Å². The van der Waals surface area contributed by atoms with E-state index in [0.29, 0.717) is 19.4 Å². The topological polar surface area (TPSA) is 95.9 Å². The molecule has 1 aliphatic carbocycles. The van der Waals surface area contributed by atoms with E-state index in [1.54, 1.807) is 0 Å². The molecule has 108 valence electrons. The summed E-state index contributed by atoms with van der Waals surface area (Å²) in [5.74, 6) is -1.28. The molecule has 2 aliphatic rings. The number of carboxylic acid groups (broad SMARTS) is 1. The van der Waals surface area contributed by atoms with Gasteiger partial charge < -0.3 is 20.3 Å². The van der Waals surface area contributed by atoms with Crippen LogP contribution in [0.2, 0.25) is 0 Å². The summed E-state index contributed by atoms with van der Waals surface area (Å²) in [5, 5.41) is 21.1. The Balaban J connectivity index is 1.80. The van der Waals surface area contributed by atoms with Gasteiger partial charge in [0.1, 0.15) is 6.10 Å². The van der Waals surface area contributed by atoms with E-state index in [-0.39, 0.29) is 17.9 Å². The van der Waals surface area contributed by atoms with E-state index < -0.39 is 18.2 Å². The van der Waals surface area contributed by atoms with Crippen LogP contribution in [0.5, 0.6) is 0 Å². The largest absolute Gasteiger partial charge is 0.479 e. The highest BCUT2D eigenvalue weighted by Gasteiger charge is 2.37. The van der Waals surface area contributed by atoms with Gasteiger partial charge in [0, 0.05) is 12.0 Å². The van der Waals surface area contributed by atoms with Crippen molar-refractivity contribution in [3.8, 4) is 0 Å². The van der Waals surface area contributed by atoms with Gasteiger partial charge in [-0.3, -0.25) is 4.79 Å². The Bertz CT molecular complexity index is 351. The van der Waals surface area contributed by atoms with E-state index in [2.05, 4.69) is 5.32 Å². The number of nitrogens with one attached hydrogen (secondary N) is 1. The van der Waals surface area contributed by atoms with Gasteiger partial charge in [0.25, 0.3) is 0 Å². The number of ether oxygens (including phenoxy) is 1. The van der Waals surface area contributed by atoms with Crippen molar-refractivity contribution < 1.29 is 24.5 Å². The maximum absolute atomic E-state index is 11.9. The Hall–Kier alpha value is -1.14. The summed E-state index contributed by atoms with van der Waals surface area (Å²) in [6.07, 6.45) is 3.29. The molecule has 1 saturated carbocycles. The van der Waals surface area contributed by atoms with Crippen LogP contribution in [0.25, 0.3) is 0 Å². The highest BCUT2D eigenvalue weighted by molar-refractivity contribution is 5.82. The molecular formula is C13H21NO5. The molecule has 2 atom stereocenters. The number of aliphatic hydroxyl groups excluding tert-OH is 1. The molecule has 3 N–H and O–H groups in total. The van der Waals surface area contributed by atoms with Gasteiger partial charge >= 0.3 is 5.97 Å². The number of rotatable bonds is 5. The number of aliphatic carboxylic acids is 1. The molecule has 1 saturated heterocycles. The molecule has 2 unspecified atom stereocenters. The molecule has 0 spiro atoms. The molecule has 1 aliphatic heterocycles. The van der Waals surface area contributed by atoms with Crippen LogP contribution in [0.15, 0.2) is 0 Å². The molecule has 0 bridgehead atoms. The van der Waals surface area contributed by atoms with E-state index in [4.69, 9.17) is 9.84 Å². The quantitative estimate of drug-likeness (QED) is 0.668. The summed E-state index contributed by atoms with van der Waals surface area (Å²) in [6.45, 7) is 0.524. The van der Waals surface area contributed by atoms with Gasteiger partial charge in [-0.25, -0.2) is 4.79 Å². The highest BCUT2D eigenvalue weighted by atomic mass is 16.5. The van der Waals surface area contributed by atoms with Gasteiger partial charge in [-0.1, -0.05) is 12.8 Å². The predicted molar refractivity (Wildman–Crippen MR) is 66.5 cm³/mol. The van der Waals surface area contributed by atoms with Crippen LogP contribution in [0.4, 0.5) is 0 Å². The van der Waals surface area contributed by atoms with Crippen molar-refractivity contribution in [2.24, 2.45) is 5.41 Å². The maximum Gasteiger partial charge on any atom is 0.332 e. The number of carbonyl (C=O) groups excluding carboxylic acids is 1. The summed E-state index contributed by atoms with van der Waals surface area (Å²) in [6, 6.07) is 0.